The smallest absolute Gasteiger partial charge is 0.256 e. The third-order valence-corrected chi connectivity index (χ3v) is 5.25. The van der Waals surface area contributed by atoms with E-state index in [1.165, 1.54) is 5.69 Å². The molecule has 1 saturated heterocycles. The standard InChI is InChI=1S/C23H26N4O/c1-2-9-20-21(18-10-5-3-6-11-18)24-23(25-22(20)28)27-16-14-26(15-17-27)19-12-7-4-8-13-19/h3-8,10-13H,2,9,14-17H2,1H3,(H,24,25,28). The number of aromatic amines is 1. The van der Waals surface area contributed by atoms with E-state index in [4.69, 9.17) is 4.98 Å². The lowest BCUT2D eigenvalue weighted by Gasteiger charge is -2.36. The maximum absolute atomic E-state index is 12.8. The fourth-order valence-electron chi connectivity index (χ4n) is 3.77. The molecule has 5 heteroatoms. The molecule has 0 atom stereocenters. The van der Waals surface area contributed by atoms with Gasteiger partial charge in [0.1, 0.15) is 0 Å². The van der Waals surface area contributed by atoms with Gasteiger partial charge in [0.25, 0.3) is 5.56 Å². The van der Waals surface area contributed by atoms with Crippen LogP contribution in [0.3, 0.4) is 0 Å². The number of benzene rings is 2. The highest BCUT2D eigenvalue weighted by Crippen LogP contribution is 2.23. The first-order valence-corrected chi connectivity index (χ1v) is 10.00. The highest BCUT2D eigenvalue weighted by atomic mass is 16.1. The highest BCUT2D eigenvalue weighted by Gasteiger charge is 2.21. The van der Waals surface area contributed by atoms with Crippen molar-refractivity contribution in [2.24, 2.45) is 0 Å². The van der Waals surface area contributed by atoms with Gasteiger partial charge in [-0.05, 0) is 18.6 Å². The summed E-state index contributed by atoms with van der Waals surface area (Å²) in [6.45, 7) is 5.57. The number of nitrogens with one attached hydrogen (secondary N) is 1. The summed E-state index contributed by atoms with van der Waals surface area (Å²) in [4.78, 5) is 25.3. The predicted molar refractivity (Wildman–Crippen MR) is 115 cm³/mol. The molecule has 1 aromatic heterocycles. The minimum Gasteiger partial charge on any atom is -0.368 e. The van der Waals surface area contributed by atoms with Crippen LogP contribution in [0, 0.1) is 0 Å². The zero-order chi connectivity index (χ0) is 19.3. The molecule has 0 bridgehead atoms. The number of anilines is 2. The van der Waals surface area contributed by atoms with Crippen LogP contribution < -0.4 is 15.4 Å². The quantitative estimate of drug-likeness (QED) is 0.740. The maximum atomic E-state index is 12.8. The summed E-state index contributed by atoms with van der Waals surface area (Å²) in [5.41, 5.74) is 3.82. The summed E-state index contributed by atoms with van der Waals surface area (Å²) < 4.78 is 0. The molecule has 1 fully saturated rings. The summed E-state index contributed by atoms with van der Waals surface area (Å²) in [6, 6.07) is 20.5. The fraction of sp³-hybridized carbons (Fsp3) is 0.304. The molecule has 1 N–H and O–H groups in total. The van der Waals surface area contributed by atoms with E-state index in [1.54, 1.807) is 0 Å². The first-order valence-electron chi connectivity index (χ1n) is 10.00. The molecule has 4 rings (SSSR count). The normalized spacial score (nSPS) is 14.3. The van der Waals surface area contributed by atoms with Gasteiger partial charge in [-0.2, -0.15) is 0 Å². The van der Waals surface area contributed by atoms with Crippen molar-refractivity contribution < 1.29 is 0 Å². The lowest BCUT2D eigenvalue weighted by molar-refractivity contribution is 0.638. The molecular weight excluding hydrogens is 348 g/mol. The first-order chi connectivity index (χ1) is 13.8. The van der Waals surface area contributed by atoms with Crippen molar-refractivity contribution in [3.05, 3.63) is 76.6 Å². The molecule has 1 aliphatic heterocycles. The van der Waals surface area contributed by atoms with Gasteiger partial charge in [0.2, 0.25) is 5.95 Å². The van der Waals surface area contributed by atoms with Crippen LogP contribution in [0.4, 0.5) is 11.6 Å². The molecular formula is C23H26N4O. The monoisotopic (exact) mass is 374 g/mol. The number of H-pyrrole nitrogens is 1. The second-order valence-electron chi connectivity index (χ2n) is 7.14. The van der Waals surface area contributed by atoms with Crippen LogP contribution in [-0.4, -0.2) is 36.1 Å². The topological polar surface area (TPSA) is 52.2 Å². The van der Waals surface area contributed by atoms with Crippen molar-refractivity contribution in [3.8, 4) is 11.3 Å². The Morgan fingerprint density at radius 2 is 1.50 bits per heavy atom. The Morgan fingerprint density at radius 3 is 2.14 bits per heavy atom. The SMILES string of the molecule is CCCc1c(-c2ccccc2)nc(N2CCN(c3ccccc3)CC2)[nH]c1=O. The molecule has 1 aliphatic rings. The Morgan fingerprint density at radius 1 is 0.893 bits per heavy atom. The van der Waals surface area contributed by atoms with Gasteiger partial charge in [-0.3, -0.25) is 9.78 Å². The number of hydrogen-bond donors (Lipinski definition) is 1. The fourth-order valence-corrected chi connectivity index (χ4v) is 3.77. The van der Waals surface area contributed by atoms with E-state index in [1.807, 2.05) is 36.4 Å². The average molecular weight is 374 g/mol. The Kier molecular flexibility index (Phi) is 5.42. The number of aromatic nitrogens is 2. The van der Waals surface area contributed by atoms with Gasteiger partial charge in [-0.15, -0.1) is 0 Å². The third kappa shape index (κ3) is 3.79. The van der Waals surface area contributed by atoms with Crippen LogP contribution in [0.15, 0.2) is 65.5 Å². The molecule has 144 valence electrons. The van der Waals surface area contributed by atoms with E-state index in [-0.39, 0.29) is 5.56 Å². The van der Waals surface area contributed by atoms with Crippen LogP contribution in [-0.2, 0) is 6.42 Å². The van der Waals surface area contributed by atoms with E-state index in [0.717, 1.165) is 55.8 Å². The van der Waals surface area contributed by atoms with Crippen molar-refractivity contribution in [3.63, 3.8) is 0 Å². The van der Waals surface area contributed by atoms with Gasteiger partial charge in [-0.25, -0.2) is 4.98 Å². The first kappa shape index (κ1) is 18.3. The molecule has 5 nitrogen and oxygen atoms in total. The molecule has 28 heavy (non-hydrogen) atoms. The number of para-hydroxylation sites is 1. The Labute approximate surface area is 165 Å². The zero-order valence-corrected chi connectivity index (χ0v) is 16.3. The maximum Gasteiger partial charge on any atom is 0.256 e. The van der Waals surface area contributed by atoms with E-state index in [0.29, 0.717) is 5.95 Å². The number of rotatable bonds is 5. The van der Waals surface area contributed by atoms with Crippen LogP contribution in [0.25, 0.3) is 11.3 Å². The van der Waals surface area contributed by atoms with Gasteiger partial charge >= 0.3 is 0 Å². The third-order valence-electron chi connectivity index (χ3n) is 5.25. The van der Waals surface area contributed by atoms with Crippen LogP contribution >= 0.6 is 0 Å². The minimum absolute atomic E-state index is 0.0174. The molecule has 0 amide bonds. The van der Waals surface area contributed by atoms with Crippen LogP contribution in [0.2, 0.25) is 0 Å². The molecule has 2 heterocycles. The second kappa shape index (κ2) is 8.30. The summed E-state index contributed by atoms with van der Waals surface area (Å²) in [5, 5.41) is 0. The van der Waals surface area contributed by atoms with E-state index in [2.05, 4.69) is 46.0 Å². The lowest BCUT2D eigenvalue weighted by atomic mass is 10.0. The van der Waals surface area contributed by atoms with Gasteiger partial charge < -0.3 is 9.80 Å². The summed E-state index contributed by atoms with van der Waals surface area (Å²) in [7, 11) is 0. The van der Waals surface area contributed by atoms with E-state index in [9.17, 15) is 4.79 Å². The Bertz CT molecular complexity index is 961. The van der Waals surface area contributed by atoms with Crippen molar-refractivity contribution in [1.82, 2.24) is 9.97 Å². The minimum atomic E-state index is -0.0174. The van der Waals surface area contributed by atoms with Gasteiger partial charge in [-0.1, -0.05) is 61.9 Å². The molecule has 0 saturated carbocycles. The molecule has 0 unspecified atom stereocenters. The Balaban J connectivity index is 1.60. The number of nitrogens with zero attached hydrogens (tertiary/aromatic N) is 3. The van der Waals surface area contributed by atoms with Crippen LogP contribution in [0.5, 0.6) is 0 Å². The summed E-state index contributed by atoms with van der Waals surface area (Å²) in [5.74, 6) is 0.677. The van der Waals surface area contributed by atoms with Crippen molar-refractivity contribution in [1.29, 1.82) is 0 Å². The van der Waals surface area contributed by atoms with E-state index < -0.39 is 0 Å². The van der Waals surface area contributed by atoms with Crippen molar-refractivity contribution in [2.75, 3.05) is 36.0 Å². The predicted octanol–water partition coefficient (Wildman–Crippen LogP) is 3.72. The molecule has 3 aromatic rings. The van der Waals surface area contributed by atoms with Gasteiger partial charge in [0, 0.05) is 43.0 Å². The molecule has 2 aromatic carbocycles. The number of piperazine rings is 1. The molecule has 0 radical (unpaired) electrons. The lowest BCUT2D eigenvalue weighted by Crippen LogP contribution is -2.47. The molecule has 0 aliphatic carbocycles. The van der Waals surface area contributed by atoms with Crippen molar-refractivity contribution >= 4 is 11.6 Å². The molecule has 0 spiro atoms. The van der Waals surface area contributed by atoms with E-state index >= 15 is 0 Å². The second-order valence-corrected chi connectivity index (χ2v) is 7.14. The summed E-state index contributed by atoms with van der Waals surface area (Å²) >= 11 is 0. The number of hydrogen-bond acceptors (Lipinski definition) is 4. The summed E-state index contributed by atoms with van der Waals surface area (Å²) in [6.07, 6.45) is 1.65. The zero-order valence-electron chi connectivity index (χ0n) is 16.3. The Hall–Kier alpha value is -3.08. The largest absolute Gasteiger partial charge is 0.368 e. The van der Waals surface area contributed by atoms with Crippen LogP contribution in [0.1, 0.15) is 18.9 Å². The van der Waals surface area contributed by atoms with Crippen molar-refractivity contribution in [2.45, 2.75) is 19.8 Å². The highest BCUT2D eigenvalue weighted by molar-refractivity contribution is 5.64. The van der Waals surface area contributed by atoms with Gasteiger partial charge in [0.15, 0.2) is 0 Å². The van der Waals surface area contributed by atoms with Gasteiger partial charge in [0.05, 0.1) is 5.69 Å². The average Bonchev–Trinajstić information content (AvgIpc) is 2.76.